The lowest BCUT2D eigenvalue weighted by Gasteiger charge is -2.34. The van der Waals surface area contributed by atoms with Crippen molar-refractivity contribution in [3.8, 4) is 0 Å². The minimum atomic E-state index is -3.18. The maximum absolute atomic E-state index is 11.3. The standard InChI is InChI=1S/C17H24N4O3S/c1-25(22,23)18-12-15-9-5-6-10-21(15)13-17-19-16(20-24-17)11-14-7-3-2-4-8-14/h2-4,7-8,15,18H,5-6,9-13H2,1H3. The third-order valence-corrected chi connectivity index (χ3v) is 5.07. The van der Waals surface area contributed by atoms with Crippen molar-refractivity contribution in [1.82, 2.24) is 19.8 Å². The summed E-state index contributed by atoms with van der Waals surface area (Å²) in [6.07, 6.45) is 5.00. The summed E-state index contributed by atoms with van der Waals surface area (Å²) in [6, 6.07) is 10.2. The quantitative estimate of drug-likeness (QED) is 0.802. The van der Waals surface area contributed by atoms with Crippen LogP contribution in [0.15, 0.2) is 34.9 Å². The Morgan fingerprint density at radius 1 is 1.28 bits per heavy atom. The molecular weight excluding hydrogens is 340 g/mol. The van der Waals surface area contributed by atoms with Gasteiger partial charge in [-0.1, -0.05) is 41.9 Å². The summed E-state index contributed by atoms with van der Waals surface area (Å²) in [5.41, 5.74) is 1.14. The molecule has 136 valence electrons. The van der Waals surface area contributed by atoms with Crippen LogP contribution < -0.4 is 4.72 Å². The van der Waals surface area contributed by atoms with Gasteiger partial charge in [0.15, 0.2) is 5.82 Å². The number of nitrogens with one attached hydrogen (secondary N) is 1. The Morgan fingerprint density at radius 3 is 2.84 bits per heavy atom. The van der Waals surface area contributed by atoms with Crippen LogP contribution in [0.2, 0.25) is 0 Å². The second-order valence-corrected chi connectivity index (χ2v) is 8.34. The highest BCUT2D eigenvalue weighted by molar-refractivity contribution is 7.88. The Bertz CT molecular complexity index is 776. The van der Waals surface area contributed by atoms with Gasteiger partial charge >= 0.3 is 0 Å². The minimum absolute atomic E-state index is 0.160. The molecule has 1 N–H and O–H groups in total. The number of hydrogen-bond donors (Lipinski definition) is 1. The van der Waals surface area contributed by atoms with Gasteiger partial charge in [0.1, 0.15) is 0 Å². The summed E-state index contributed by atoms with van der Waals surface area (Å²) in [5, 5.41) is 4.06. The van der Waals surface area contributed by atoms with Crippen LogP contribution in [0.1, 0.15) is 36.5 Å². The first-order valence-corrected chi connectivity index (χ1v) is 10.4. The smallest absolute Gasteiger partial charge is 0.240 e. The molecule has 1 unspecified atom stereocenters. The maximum atomic E-state index is 11.3. The molecule has 2 heterocycles. The van der Waals surface area contributed by atoms with E-state index in [4.69, 9.17) is 4.52 Å². The monoisotopic (exact) mass is 364 g/mol. The van der Waals surface area contributed by atoms with Crippen molar-refractivity contribution in [2.75, 3.05) is 19.3 Å². The molecule has 0 amide bonds. The molecule has 1 saturated heterocycles. The van der Waals surface area contributed by atoms with E-state index in [-0.39, 0.29) is 6.04 Å². The Labute approximate surface area is 148 Å². The van der Waals surface area contributed by atoms with E-state index in [0.717, 1.165) is 31.4 Å². The minimum Gasteiger partial charge on any atom is -0.338 e. The number of piperidine rings is 1. The van der Waals surface area contributed by atoms with E-state index in [2.05, 4.69) is 19.8 Å². The van der Waals surface area contributed by atoms with Crippen molar-refractivity contribution >= 4 is 10.0 Å². The average Bonchev–Trinajstić information content (AvgIpc) is 3.01. The summed E-state index contributed by atoms with van der Waals surface area (Å²) in [5.74, 6) is 1.25. The summed E-state index contributed by atoms with van der Waals surface area (Å²) in [4.78, 5) is 6.71. The predicted octanol–water partition coefficient (Wildman–Crippen LogP) is 1.56. The molecule has 2 aromatic rings. The molecule has 0 spiro atoms. The molecule has 1 fully saturated rings. The lowest BCUT2D eigenvalue weighted by Crippen LogP contribution is -2.46. The molecule has 0 radical (unpaired) electrons. The van der Waals surface area contributed by atoms with Gasteiger partial charge in [0.2, 0.25) is 15.9 Å². The SMILES string of the molecule is CS(=O)(=O)NCC1CCCCN1Cc1nc(Cc2ccccc2)no1. The fraction of sp³-hybridized carbons (Fsp3) is 0.529. The summed E-state index contributed by atoms with van der Waals surface area (Å²) in [7, 11) is -3.18. The Balaban J connectivity index is 1.60. The third-order valence-electron chi connectivity index (χ3n) is 4.38. The fourth-order valence-electron chi connectivity index (χ4n) is 3.13. The number of likely N-dealkylation sites (tertiary alicyclic amines) is 1. The molecule has 1 aromatic carbocycles. The van der Waals surface area contributed by atoms with Crippen molar-refractivity contribution in [3.63, 3.8) is 0 Å². The van der Waals surface area contributed by atoms with E-state index in [1.165, 1.54) is 6.26 Å². The second-order valence-electron chi connectivity index (χ2n) is 6.51. The Morgan fingerprint density at radius 2 is 2.08 bits per heavy atom. The lowest BCUT2D eigenvalue weighted by molar-refractivity contribution is 0.125. The van der Waals surface area contributed by atoms with Gasteiger partial charge in [-0.15, -0.1) is 0 Å². The van der Waals surface area contributed by atoms with Crippen LogP contribution in [-0.2, 0) is 23.0 Å². The average molecular weight is 364 g/mol. The van der Waals surface area contributed by atoms with Crippen molar-refractivity contribution < 1.29 is 12.9 Å². The largest absolute Gasteiger partial charge is 0.338 e. The van der Waals surface area contributed by atoms with E-state index >= 15 is 0 Å². The third kappa shape index (κ3) is 5.62. The predicted molar refractivity (Wildman–Crippen MR) is 94.4 cm³/mol. The van der Waals surface area contributed by atoms with Gasteiger partial charge < -0.3 is 4.52 Å². The molecule has 1 aromatic heterocycles. The van der Waals surface area contributed by atoms with Crippen LogP contribution in [0.5, 0.6) is 0 Å². The van der Waals surface area contributed by atoms with Crippen LogP contribution in [0.4, 0.5) is 0 Å². The molecule has 0 aliphatic carbocycles. The van der Waals surface area contributed by atoms with Crippen LogP contribution in [0.25, 0.3) is 0 Å². The van der Waals surface area contributed by atoms with E-state index < -0.39 is 10.0 Å². The normalized spacial score (nSPS) is 19.2. The van der Waals surface area contributed by atoms with Gasteiger partial charge in [-0.3, -0.25) is 4.90 Å². The highest BCUT2D eigenvalue weighted by atomic mass is 32.2. The molecule has 7 nitrogen and oxygen atoms in total. The van der Waals surface area contributed by atoms with Crippen LogP contribution >= 0.6 is 0 Å². The van der Waals surface area contributed by atoms with E-state index in [0.29, 0.717) is 31.2 Å². The Kier molecular flexibility index (Phi) is 5.82. The lowest BCUT2D eigenvalue weighted by atomic mass is 10.0. The number of sulfonamides is 1. The summed E-state index contributed by atoms with van der Waals surface area (Å²) in [6.45, 7) is 1.88. The van der Waals surface area contributed by atoms with Gasteiger partial charge in [-0.05, 0) is 24.9 Å². The molecule has 3 rings (SSSR count). The maximum Gasteiger partial charge on any atom is 0.240 e. The van der Waals surface area contributed by atoms with E-state index in [1.54, 1.807) is 0 Å². The highest BCUT2D eigenvalue weighted by Crippen LogP contribution is 2.19. The molecular formula is C17H24N4O3S. The van der Waals surface area contributed by atoms with Gasteiger partial charge in [-0.2, -0.15) is 4.98 Å². The first kappa shape index (κ1) is 18.0. The molecule has 0 bridgehead atoms. The zero-order valence-corrected chi connectivity index (χ0v) is 15.2. The number of nitrogens with zero attached hydrogens (tertiary/aromatic N) is 3. The van der Waals surface area contributed by atoms with Gasteiger partial charge in [0.25, 0.3) is 0 Å². The molecule has 1 aliphatic rings. The van der Waals surface area contributed by atoms with Crippen molar-refractivity contribution in [1.29, 1.82) is 0 Å². The molecule has 25 heavy (non-hydrogen) atoms. The summed E-state index contributed by atoms with van der Waals surface area (Å²) < 4.78 is 30.7. The second kappa shape index (κ2) is 8.07. The van der Waals surface area contributed by atoms with Gasteiger partial charge in [0.05, 0.1) is 12.8 Å². The number of benzene rings is 1. The van der Waals surface area contributed by atoms with Crippen LogP contribution in [0.3, 0.4) is 0 Å². The molecule has 1 atom stereocenters. The zero-order chi connectivity index (χ0) is 17.7. The topological polar surface area (TPSA) is 88.3 Å². The first-order chi connectivity index (χ1) is 12.0. The number of aromatic nitrogens is 2. The molecule has 8 heteroatoms. The summed E-state index contributed by atoms with van der Waals surface area (Å²) >= 11 is 0. The van der Waals surface area contributed by atoms with Crippen molar-refractivity contribution in [2.45, 2.75) is 38.3 Å². The van der Waals surface area contributed by atoms with E-state index in [9.17, 15) is 8.42 Å². The van der Waals surface area contributed by atoms with Crippen molar-refractivity contribution in [3.05, 3.63) is 47.6 Å². The molecule has 1 aliphatic heterocycles. The first-order valence-electron chi connectivity index (χ1n) is 8.54. The van der Waals surface area contributed by atoms with E-state index in [1.807, 2.05) is 30.3 Å². The zero-order valence-electron chi connectivity index (χ0n) is 14.4. The van der Waals surface area contributed by atoms with Crippen LogP contribution in [0, 0.1) is 0 Å². The van der Waals surface area contributed by atoms with Crippen LogP contribution in [-0.4, -0.2) is 48.8 Å². The van der Waals surface area contributed by atoms with Gasteiger partial charge in [-0.25, -0.2) is 13.1 Å². The number of rotatable bonds is 7. The Hall–Kier alpha value is -1.77. The fourth-order valence-corrected chi connectivity index (χ4v) is 3.62. The molecule has 0 saturated carbocycles. The highest BCUT2D eigenvalue weighted by Gasteiger charge is 2.25. The number of hydrogen-bond acceptors (Lipinski definition) is 6. The van der Waals surface area contributed by atoms with Crippen molar-refractivity contribution in [2.24, 2.45) is 0 Å². The van der Waals surface area contributed by atoms with Gasteiger partial charge in [0, 0.05) is 19.0 Å².